The van der Waals surface area contributed by atoms with Crippen LogP contribution in [0, 0.1) is 5.92 Å². The summed E-state index contributed by atoms with van der Waals surface area (Å²) in [4.78, 5) is 28.8. The third-order valence-electron chi connectivity index (χ3n) is 5.60. The number of benzene rings is 1. The van der Waals surface area contributed by atoms with Crippen molar-refractivity contribution in [3.63, 3.8) is 0 Å². The number of amides is 1. The highest BCUT2D eigenvalue weighted by Gasteiger charge is 2.32. The number of carbonyl (C=O) groups excluding carboxylic acids is 2. The summed E-state index contributed by atoms with van der Waals surface area (Å²) in [7, 11) is 1.62. The molecule has 2 aliphatic heterocycles. The molecule has 5 heteroatoms. The molecule has 2 saturated heterocycles. The van der Waals surface area contributed by atoms with E-state index >= 15 is 0 Å². The summed E-state index contributed by atoms with van der Waals surface area (Å²) in [5.41, 5.74) is 0.748. The molecule has 0 N–H and O–H groups in total. The largest absolute Gasteiger partial charge is 0.497 e. The quantitative estimate of drug-likeness (QED) is 0.788. The van der Waals surface area contributed by atoms with Gasteiger partial charge in [-0.2, -0.15) is 0 Å². The maximum Gasteiger partial charge on any atom is 0.219 e. The van der Waals surface area contributed by atoms with E-state index < -0.39 is 0 Å². The lowest BCUT2D eigenvalue weighted by Gasteiger charge is -2.41. The van der Waals surface area contributed by atoms with Gasteiger partial charge in [0.05, 0.1) is 7.11 Å². The molecule has 0 aliphatic carbocycles. The lowest BCUT2D eigenvalue weighted by molar-refractivity contribution is -0.130. The number of ether oxygens (including phenoxy) is 1. The van der Waals surface area contributed by atoms with Gasteiger partial charge in [0.2, 0.25) is 5.91 Å². The highest BCUT2D eigenvalue weighted by Crippen LogP contribution is 2.27. The lowest BCUT2D eigenvalue weighted by atomic mass is 9.88. The predicted octanol–water partition coefficient (Wildman–Crippen LogP) is 2.60. The van der Waals surface area contributed by atoms with Gasteiger partial charge in [0.1, 0.15) is 5.75 Å². The van der Waals surface area contributed by atoms with E-state index in [1.165, 1.54) is 0 Å². The van der Waals surface area contributed by atoms with Gasteiger partial charge in [-0.05, 0) is 44.4 Å². The van der Waals surface area contributed by atoms with Gasteiger partial charge in [-0.25, -0.2) is 0 Å². The van der Waals surface area contributed by atoms with E-state index in [-0.39, 0.29) is 17.6 Å². The molecule has 0 bridgehead atoms. The first-order valence-electron chi connectivity index (χ1n) is 9.26. The van der Waals surface area contributed by atoms with Crippen molar-refractivity contribution in [2.24, 2.45) is 5.92 Å². The zero-order valence-corrected chi connectivity index (χ0v) is 15.2. The SMILES string of the molecule is COc1cccc(C(=O)[C@H]2CCCN(C3CCN(C(C)=O)CC3)C2)c1. The average molecular weight is 344 g/mol. The molecule has 0 radical (unpaired) electrons. The zero-order valence-electron chi connectivity index (χ0n) is 15.2. The maximum absolute atomic E-state index is 12.9. The van der Waals surface area contributed by atoms with Crippen LogP contribution in [0.15, 0.2) is 24.3 Å². The molecule has 2 fully saturated rings. The Morgan fingerprint density at radius 1 is 1.12 bits per heavy atom. The molecular formula is C20H28N2O3. The zero-order chi connectivity index (χ0) is 17.8. The maximum atomic E-state index is 12.9. The number of Topliss-reactive ketones (excluding diaryl/α,β-unsaturated/α-hetero) is 1. The van der Waals surface area contributed by atoms with Crippen molar-refractivity contribution in [3.8, 4) is 5.75 Å². The molecule has 0 saturated carbocycles. The second-order valence-electron chi connectivity index (χ2n) is 7.17. The molecule has 136 valence electrons. The van der Waals surface area contributed by atoms with Gasteiger partial charge < -0.3 is 9.64 Å². The fraction of sp³-hybridized carbons (Fsp3) is 0.600. The minimum Gasteiger partial charge on any atom is -0.497 e. The van der Waals surface area contributed by atoms with Crippen molar-refractivity contribution in [1.82, 2.24) is 9.80 Å². The number of hydrogen-bond acceptors (Lipinski definition) is 4. The average Bonchev–Trinajstić information content (AvgIpc) is 2.67. The van der Waals surface area contributed by atoms with Gasteiger partial charge >= 0.3 is 0 Å². The number of likely N-dealkylation sites (tertiary alicyclic amines) is 2. The molecule has 1 aromatic rings. The number of carbonyl (C=O) groups is 2. The van der Waals surface area contributed by atoms with Crippen molar-refractivity contribution in [3.05, 3.63) is 29.8 Å². The summed E-state index contributed by atoms with van der Waals surface area (Å²) in [5.74, 6) is 1.19. The Kier molecular flexibility index (Phi) is 5.74. The fourth-order valence-electron chi connectivity index (χ4n) is 4.11. The van der Waals surface area contributed by atoms with E-state index in [1.54, 1.807) is 14.0 Å². The summed E-state index contributed by atoms with van der Waals surface area (Å²) in [6.45, 7) is 5.22. The molecule has 2 aliphatic rings. The summed E-state index contributed by atoms with van der Waals surface area (Å²) in [5, 5.41) is 0. The summed E-state index contributed by atoms with van der Waals surface area (Å²) >= 11 is 0. The van der Waals surface area contributed by atoms with E-state index in [9.17, 15) is 9.59 Å². The number of hydrogen-bond donors (Lipinski definition) is 0. The van der Waals surface area contributed by atoms with Gasteiger partial charge in [0.15, 0.2) is 5.78 Å². The van der Waals surface area contributed by atoms with Crippen molar-refractivity contribution >= 4 is 11.7 Å². The van der Waals surface area contributed by atoms with Crippen LogP contribution in [0.1, 0.15) is 43.0 Å². The number of nitrogens with zero attached hydrogens (tertiary/aromatic N) is 2. The van der Waals surface area contributed by atoms with E-state index in [0.29, 0.717) is 6.04 Å². The Morgan fingerprint density at radius 2 is 1.88 bits per heavy atom. The van der Waals surface area contributed by atoms with Gasteiger partial charge in [-0.1, -0.05) is 12.1 Å². The first kappa shape index (κ1) is 17.9. The second-order valence-corrected chi connectivity index (χ2v) is 7.17. The van der Waals surface area contributed by atoms with Gasteiger partial charge in [0, 0.05) is 44.1 Å². The van der Waals surface area contributed by atoms with Crippen LogP contribution in [-0.4, -0.2) is 60.8 Å². The molecule has 25 heavy (non-hydrogen) atoms. The molecule has 1 aromatic carbocycles. The van der Waals surface area contributed by atoms with Gasteiger partial charge in [-0.15, -0.1) is 0 Å². The Labute approximate surface area is 149 Å². The van der Waals surface area contributed by atoms with Crippen LogP contribution >= 0.6 is 0 Å². The number of rotatable bonds is 4. The molecule has 0 unspecified atom stereocenters. The van der Waals surface area contributed by atoms with E-state index in [1.807, 2.05) is 29.2 Å². The molecule has 0 aromatic heterocycles. The third kappa shape index (κ3) is 4.21. The highest BCUT2D eigenvalue weighted by molar-refractivity contribution is 5.98. The molecule has 1 atom stereocenters. The van der Waals surface area contributed by atoms with Crippen LogP contribution < -0.4 is 4.74 Å². The molecule has 3 rings (SSSR count). The Morgan fingerprint density at radius 3 is 2.56 bits per heavy atom. The monoisotopic (exact) mass is 344 g/mol. The van der Waals surface area contributed by atoms with Gasteiger partial charge in [-0.3, -0.25) is 14.5 Å². The third-order valence-corrected chi connectivity index (χ3v) is 5.60. The van der Waals surface area contributed by atoms with Crippen LogP contribution in [0.25, 0.3) is 0 Å². The van der Waals surface area contributed by atoms with E-state index in [4.69, 9.17) is 4.74 Å². The molecule has 1 amide bonds. The summed E-state index contributed by atoms with van der Waals surface area (Å²) in [6.07, 6.45) is 4.05. The Hall–Kier alpha value is -1.88. The van der Waals surface area contributed by atoms with Crippen LogP contribution in [0.4, 0.5) is 0 Å². The molecular weight excluding hydrogens is 316 g/mol. The Balaban J connectivity index is 1.61. The first-order chi connectivity index (χ1) is 12.1. The minimum absolute atomic E-state index is 0.0618. The molecule has 5 nitrogen and oxygen atoms in total. The van der Waals surface area contributed by atoms with Crippen LogP contribution in [0.3, 0.4) is 0 Å². The standard InChI is InChI=1S/C20H28N2O3/c1-15(23)21-11-8-18(9-12-21)22-10-4-6-17(14-22)20(24)16-5-3-7-19(13-16)25-2/h3,5,7,13,17-18H,4,6,8-12,14H2,1-2H3/t17-/m0/s1. The molecule has 2 heterocycles. The lowest BCUT2D eigenvalue weighted by Crippen LogP contribution is -2.50. The van der Waals surface area contributed by atoms with Crippen LogP contribution in [0.5, 0.6) is 5.75 Å². The van der Waals surface area contributed by atoms with Gasteiger partial charge in [0.25, 0.3) is 0 Å². The van der Waals surface area contributed by atoms with Crippen molar-refractivity contribution in [1.29, 1.82) is 0 Å². The number of ketones is 1. The smallest absolute Gasteiger partial charge is 0.219 e. The topological polar surface area (TPSA) is 49.9 Å². The minimum atomic E-state index is 0.0618. The summed E-state index contributed by atoms with van der Waals surface area (Å²) in [6, 6.07) is 7.97. The summed E-state index contributed by atoms with van der Waals surface area (Å²) < 4.78 is 5.24. The van der Waals surface area contributed by atoms with Crippen molar-refractivity contribution < 1.29 is 14.3 Å². The van der Waals surface area contributed by atoms with Crippen LogP contribution in [-0.2, 0) is 4.79 Å². The van der Waals surface area contributed by atoms with Crippen molar-refractivity contribution in [2.45, 2.75) is 38.6 Å². The fourth-order valence-corrected chi connectivity index (χ4v) is 4.11. The predicted molar refractivity (Wildman–Crippen MR) is 96.9 cm³/mol. The number of methoxy groups -OCH3 is 1. The molecule has 0 spiro atoms. The highest BCUT2D eigenvalue weighted by atomic mass is 16.5. The Bertz CT molecular complexity index is 623. The first-order valence-corrected chi connectivity index (χ1v) is 9.26. The van der Waals surface area contributed by atoms with E-state index in [0.717, 1.165) is 63.2 Å². The van der Waals surface area contributed by atoms with Crippen LogP contribution in [0.2, 0.25) is 0 Å². The number of piperidine rings is 2. The normalized spacial score (nSPS) is 22.6. The second kappa shape index (κ2) is 8.00. The van der Waals surface area contributed by atoms with Crippen molar-refractivity contribution in [2.75, 3.05) is 33.3 Å². The van der Waals surface area contributed by atoms with E-state index in [2.05, 4.69) is 4.90 Å².